The van der Waals surface area contributed by atoms with Gasteiger partial charge in [0.25, 0.3) is 0 Å². The van der Waals surface area contributed by atoms with Crippen LogP contribution in [0, 0.1) is 0 Å². The number of hydrogen-bond donors (Lipinski definition) is 0. The minimum atomic E-state index is -0.287. The van der Waals surface area contributed by atoms with E-state index < -0.39 is 0 Å². The molecule has 0 spiro atoms. The zero-order valence-corrected chi connectivity index (χ0v) is 16.9. The number of hydrogen-bond acceptors (Lipinski definition) is 4. The Kier molecular flexibility index (Phi) is 5.51. The number of aromatic nitrogens is 1. The Labute approximate surface area is 172 Å². The lowest BCUT2D eigenvalue weighted by atomic mass is 10.0. The number of halogens is 1. The molecule has 0 aliphatic carbocycles. The van der Waals surface area contributed by atoms with Crippen molar-refractivity contribution in [3.63, 3.8) is 0 Å². The second-order valence-corrected chi connectivity index (χ2v) is 7.71. The summed E-state index contributed by atoms with van der Waals surface area (Å²) in [6.07, 6.45) is 2.24. The lowest BCUT2D eigenvalue weighted by Crippen LogP contribution is -2.09. The Balaban J connectivity index is 1.49. The normalized spacial score (nSPS) is 11.1. The van der Waals surface area contributed by atoms with E-state index in [4.69, 9.17) is 16.3 Å². The molecule has 0 saturated carbocycles. The van der Waals surface area contributed by atoms with E-state index in [0.29, 0.717) is 10.7 Å². The SMILES string of the molecule is CSc1ccc2cc(COC(=O)Cc3cccc4ccccc34)c(Cl)nc2c1. The summed E-state index contributed by atoms with van der Waals surface area (Å²) >= 11 is 7.97. The van der Waals surface area contributed by atoms with E-state index >= 15 is 0 Å². The molecule has 0 unspecified atom stereocenters. The van der Waals surface area contributed by atoms with Crippen LogP contribution in [-0.2, 0) is 22.6 Å². The van der Waals surface area contributed by atoms with E-state index in [-0.39, 0.29) is 19.0 Å². The zero-order valence-electron chi connectivity index (χ0n) is 15.3. The van der Waals surface area contributed by atoms with E-state index in [1.807, 2.05) is 73.0 Å². The Morgan fingerprint density at radius 1 is 1.00 bits per heavy atom. The molecule has 0 N–H and O–H groups in total. The van der Waals surface area contributed by atoms with Crippen LogP contribution in [0.15, 0.2) is 71.6 Å². The van der Waals surface area contributed by atoms with Gasteiger partial charge in [-0.2, -0.15) is 0 Å². The highest BCUT2D eigenvalue weighted by Crippen LogP contribution is 2.25. The van der Waals surface area contributed by atoms with Crippen LogP contribution in [-0.4, -0.2) is 17.2 Å². The van der Waals surface area contributed by atoms with E-state index in [1.165, 1.54) is 0 Å². The third kappa shape index (κ3) is 3.98. The highest BCUT2D eigenvalue weighted by Gasteiger charge is 2.11. The van der Waals surface area contributed by atoms with Gasteiger partial charge in [0.1, 0.15) is 11.8 Å². The molecule has 1 aromatic heterocycles. The molecule has 4 rings (SSSR count). The first kappa shape index (κ1) is 18.8. The number of esters is 1. The highest BCUT2D eigenvalue weighted by molar-refractivity contribution is 7.98. The van der Waals surface area contributed by atoms with Gasteiger partial charge in [0, 0.05) is 15.8 Å². The molecule has 0 amide bonds. The van der Waals surface area contributed by atoms with Crippen LogP contribution < -0.4 is 0 Å². The maximum absolute atomic E-state index is 12.4. The molecule has 1 heterocycles. The predicted octanol–water partition coefficient (Wildman–Crippen LogP) is 6.05. The van der Waals surface area contributed by atoms with Crippen molar-refractivity contribution < 1.29 is 9.53 Å². The summed E-state index contributed by atoms with van der Waals surface area (Å²) in [6, 6.07) is 21.9. The molecule has 140 valence electrons. The molecule has 0 aliphatic rings. The maximum atomic E-state index is 12.4. The van der Waals surface area contributed by atoms with Gasteiger partial charge < -0.3 is 4.74 Å². The van der Waals surface area contributed by atoms with Crippen LogP contribution in [0.3, 0.4) is 0 Å². The molecular weight excluding hydrogens is 390 g/mol. The number of thioether (sulfide) groups is 1. The van der Waals surface area contributed by atoms with Crippen LogP contribution in [0.25, 0.3) is 21.7 Å². The van der Waals surface area contributed by atoms with E-state index in [0.717, 1.165) is 32.1 Å². The second kappa shape index (κ2) is 8.21. The number of carbonyl (C=O) groups excluding carboxylic acids is 1. The van der Waals surface area contributed by atoms with Crippen molar-refractivity contribution in [1.29, 1.82) is 0 Å². The van der Waals surface area contributed by atoms with Crippen molar-refractivity contribution in [1.82, 2.24) is 4.98 Å². The lowest BCUT2D eigenvalue weighted by molar-refractivity contribution is -0.144. The molecule has 3 aromatic carbocycles. The number of benzene rings is 3. The number of fused-ring (bicyclic) bond motifs is 2. The van der Waals surface area contributed by atoms with Gasteiger partial charge in [-0.25, -0.2) is 4.98 Å². The molecule has 0 radical (unpaired) electrons. The molecule has 3 nitrogen and oxygen atoms in total. The highest BCUT2D eigenvalue weighted by atomic mass is 35.5. The Hall–Kier alpha value is -2.56. The predicted molar refractivity (Wildman–Crippen MR) is 116 cm³/mol. The fourth-order valence-corrected chi connectivity index (χ4v) is 3.84. The summed E-state index contributed by atoms with van der Waals surface area (Å²) in [5, 5.41) is 3.52. The van der Waals surface area contributed by atoms with Crippen LogP contribution in [0.4, 0.5) is 0 Å². The third-order valence-corrected chi connectivity index (χ3v) is 5.71. The minimum Gasteiger partial charge on any atom is -0.460 e. The Bertz CT molecular complexity index is 1170. The number of rotatable bonds is 5. The van der Waals surface area contributed by atoms with Crippen molar-refractivity contribution in [3.8, 4) is 0 Å². The van der Waals surface area contributed by atoms with Crippen molar-refractivity contribution in [3.05, 3.63) is 83.0 Å². The molecule has 5 heteroatoms. The molecule has 0 atom stereocenters. The summed E-state index contributed by atoms with van der Waals surface area (Å²) in [5.41, 5.74) is 2.50. The summed E-state index contributed by atoms with van der Waals surface area (Å²) < 4.78 is 5.49. The van der Waals surface area contributed by atoms with Gasteiger partial charge in [0.05, 0.1) is 11.9 Å². The van der Waals surface area contributed by atoms with Crippen molar-refractivity contribution in [2.75, 3.05) is 6.26 Å². The minimum absolute atomic E-state index is 0.107. The summed E-state index contributed by atoms with van der Waals surface area (Å²) in [6.45, 7) is 0.107. The molecular formula is C23H18ClNO2S. The van der Waals surface area contributed by atoms with Gasteiger partial charge in [-0.1, -0.05) is 60.1 Å². The average molecular weight is 408 g/mol. The van der Waals surface area contributed by atoms with Gasteiger partial charge >= 0.3 is 5.97 Å². The maximum Gasteiger partial charge on any atom is 0.310 e. The van der Waals surface area contributed by atoms with Crippen molar-refractivity contribution >= 4 is 51.0 Å². The van der Waals surface area contributed by atoms with Crippen LogP contribution >= 0.6 is 23.4 Å². The first-order valence-electron chi connectivity index (χ1n) is 8.89. The molecule has 0 saturated heterocycles. The number of nitrogens with zero attached hydrogens (tertiary/aromatic N) is 1. The summed E-state index contributed by atoms with van der Waals surface area (Å²) in [5.74, 6) is -0.287. The molecule has 0 fully saturated rings. The molecule has 28 heavy (non-hydrogen) atoms. The fraction of sp³-hybridized carbons (Fsp3) is 0.130. The number of ether oxygens (including phenoxy) is 1. The van der Waals surface area contributed by atoms with Gasteiger partial charge in [-0.3, -0.25) is 4.79 Å². The smallest absolute Gasteiger partial charge is 0.310 e. The van der Waals surface area contributed by atoms with Crippen LogP contribution in [0.5, 0.6) is 0 Å². The number of pyridine rings is 1. The zero-order chi connectivity index (χ0) is 19.5. The van der Waals surface area contributed by atoms with Crippen LogP contribution in [0.1, 0.15) is 11.1 Å². The van der Waals surface area contributed by atoms with Crippen LogP contribution in [0.2, 0.25) is 5.15 Å². The van der Waals surface area contributed by atoms with Crippen molar-refractivity contribution in [2.24, 2.45) is 0 Å². The second-order valence-electron chi connectivity index (χ2n) is 6.47. The van der Waals surface area contributed by atoms with E-state index in [9.17, 15) is 4.79 Å². The van der Waals surface area contributed by atoms with E-state index in [1.54, 1.807) is 11.8 Å². The Morgan fingerprint density at radius 2 is 1.82 bits per heavy atom. The average Bonchev–Trinajstić information content (AvgIpc) is 2.72. The first-order chi connectivity index (χ1) is 13.6. The molecule has 0 aliphatic heterocycles. The first-order valence-corrected chi connectivity index (χ1v) is 10.5. The lowest BCUT2D eigenvalue weighted by Gasteiger charge is -2.10. The third-order valence-electron chi connectivity index (χ3n) is 4.65. The fourth-order valence-electron chi connectivity index (χ4n) is 3.21. The largest absolute Gasteiger partial charge is 0.460 e. The monoisotopic (exact) mass is 407 g/mol. The van der Waals surface area contributed by atoms with Gasteiger partial charge in [-0.05, 0) is 40.8 Å². The summed E-state index contributed by atoms with van der Waals surface area (Å²) in [4.78, 5) is 18.0. The topological polar surface area (TPSA) is 39.2 Å². The quantitative estimate of drug-likeness (QED) is 0.229. The molecule has 0 bridgehead atoms. The van der Waals surface area contributed by atoms with E-state index in [2.05, 4.69) is 4.98 Å². The standard InChI is InChI=1S/C23H18ClNO2S/c1-28-19-10-9-17-11-18(23(24)25-21(17)13-19)14-27-22(26)12-16-7-4-6-15-5-2-3-8-20(15)16/h2-11,13H,12,14H2,1H3. The molecule has 4 aromatic rings. The Morgan fingerprint density at radius 3 is 2.68 bits per heavy atom. The van der Waals surface area contributed by atoms with Gasteiger partial charge in [0.2, 0.25) is 0 Å². The summed E-state index contributed by atoms with van der Waals surface area (Å²) in [7, 11) is 0. The van der Waals surface area contributed by atoms with Gasteiger partial charge in [-0.15, -0.1) is 11.8 Å². The van der Waals surface area contributed by atoms with Gasteiger partial charge in [0.15, 0.2) is 0 Å². The number of carbonyl (C=O) groups is 1. The van der Waals surface area contributed by atoms with Crippen molar-refractivity contribution in [2.45, 2.75) is 17.9 Å².